The molecule has 4 heteroatoms. The maximum absolute atomic E-state index is 12.8. The van der Waals surface area contributed by atoms with Crippen LogP contribution in [0.3, 0.4) is 0 Å². The van der Waals surface area contributed by atoms with Gasteiger partial charge in [-0.05, 0) is 51.0 Å². The lowest BCUT2D eigenvalue weighted by Gasteiger charge is -2.39. The third-order valence-corrected chi connectivity index (χ3v) is 5.86. The highest BCUT2D eigenvalue weighted by Crippen LogP contribution is 2.51. The smallest absolute Gasteiger partial charge is 0.194 e. The van der Waals surface area contributed by atoms with E-state index in [1.54, 1.807) is 6.92 Å². The van der Waals surface area contributed by atoms with Crippen molar-refractivity contribution in [1.29, 1.82) is 0 Å². The zero-order valence-electron chi connectivity index (χ0n) is 14.4. The Balaban J connectivity index is 2.26. The average Bonchev–Trinajstić information content (AvgIpc) is 2.61. The van der Waals surface area contributed by atoms with Crippen molar-refractivity contribution in [3.8, 4) is 0 Å². The molecule has 0 aliphatic heterocycles. The molecule has 0 saturated heterocycles. The summed E-state index contributed by atoms with van der Waals surface area (Å²) in [4.78, 5) is 25.6. The fraction of sp³-hybridized carbons (Fsp3) is 0.500. The van der Waals surface area contributed by atoms with Crippen LogP contribution in [-0.2, 0) is 9.59 Å². The van der Waals surface area contributed by atoms with Gasteiger partial charge in [0.15, 0.2) is 17.2 Å². The molecule has 0 aromatic heterocycles. The van der Waals surface area contributed by atoms with Crippen molar-refractivity contribution >= 4 is 11.6 Å². The lowest BCUT2D eigenvalue weighted by molar-refractivity contribution is -0.137. The Morgan fingerprint density at radius 1 is 1.33 bits per heavy atom. The Kier molecular flexibility index (Phi) is 3.81. The van der Waals surface area contributed by atoms with Crippen molar-refractivity contribution < 1.29 is 19.8 Å². The molecule has 24 heavy (non-hydrogen) atoms. The van der Waals surface area contributed by atoms with E-state index >= 15 is 0 Å². The first-order chi connectivity index (χ1) is 11.1. The SMILES string of the molecule is C=C(C)C1CCC(=C)C2C3=C(C(=O)C(C)=CC12)C(O)C(C)(O)C3=O. The van der Waals surface area contributed by atoms with Crippen molar-refractivity contribution in [3.05, 3.63) is 47.1 Å². The summed E-state index contributed by atoms with van der Waals surface area (Å²) in [6.45, 7) is 13.1. The zero-order chi connectivity index (χ0) is 18.0. The lowest BCUT2D eigenvalue weighted by atomic mass is 9.64. The predicted molar refractivity (Wildman–Crippen MR) is 91.1 cm³/mol. The van der Waals surface area contributed by atoms with Crippen molar-refractivity contribution in [1.82, 2.24) is 0 Å². The predicted octanol–water partition coefficient (Wildman–Crippen LogP) is 2.28. The second kappa shape index (κ2) is 5.36. The van der Waals surface area contributed by atoms with E-state index in [4.69, 9.17) is 0 Å². The Bertz CT molecular complexity index is 735. The normalized spacial score (nSPS) is 39.4. The molecule has 0 heterocycles. The number of aliphatic hydroxyl groups is 2. The molecule has 3 aliphatic carbocycles. The van der Waals surface area contributed by atoms with Gasteiger partial charge in [0.05, 0.1) is 0 Å². The van der Waals surface area contributed by atoms with Crippen molar-refractivity contribution in [3.63, 3.8) is 0 Å². The molecule has 0 aromatic rings. The first-order valence-electron chi connectivity index (χ1n) is 8.34. The minimum Gasteiger partial charge on any atom is -0.385 e. The quantitative estimate of drug-likeness (QED) is 0.724. The molecule has 5 unspecified atom stereocenters. The van der Waals surface area contributed by atoms with E-state index in [2.05, 4.69) is 13.2 Å². The summed E-state index contributed by atoms with van der Waals surface area (Å²) in [6.07, 6.45) is 2.03. The van der Waals surface area contributed by atoms with Gasteiger partial charge in [0, 0.05) is 17.1 Å². The van der Waals surface area contributed by atoms with Gasteiger partial charge >= 0.3 is 0 Å². The van der Waals surface area contributed by atoms with Crippen LogP contribution in [0.25, 0.3) is 0 Å². The molecule has 128 valence electrons. The number of Topliss-reactive ketones (excluding diaryl/α,β-unsaturated/α-hetero) is 2. The van der Waals surface area contributed by atoms with Crippen LogP contribution in [0.2, 0.25) is 0 Å². The molecule has 0 spiro atoms. The summed E-state index contributed by atoms with van der Waals surface area (Å²) >= 11 is 0. The third-order valence-electron chi connectivity index (χ3n) is 5.86. The standard InChI is InChI=1S/C20H24O4/c1-9(2)12-7-6-10(3)14-13(12)8-11(4)17(21)16-15(14)18(22)20(5,24)19(16)23/h8,12-14,19,23-24H,1,3,6-7H2,2,4-5H3. The number of ketones is 2. The minimum atomic E-state index is -1.96. The Morgan fingerprint density at radius 2 is 1.96 bits per heavy atom. The van der Waals surface area contributed by atoms with Crippen molar-refractivity contribution in [2.24, 2.45) is 17.8 Å². The highest BCUT2D eigenvalue weighted by molar-refractivity contribution is 6.20. The van der Waals surface area contributed by atoms with Gasteiger partial charge in [0.2, 0.25) is 0 Å². The van der Waals surface area contributed by atoms with E-state index < -0.39 is 17.5 Å². The van der Waals surface area contributed by atoms with Gasteiger partial charge < -0.3 is 10.2 Å². The molecule has 2 N–H and O–H groups in total. The number of rotatable bonds is 1. The van der Waals surface area contributed by atoms with Crippen molar-refractivity contribution in [2.75, 3.05) is 0 Å². The summed E-state index contributed by atoms with van der Waals surface area (Å²) in [6, 6.07) is 0. The molecule has 1 fully saturated rings. The number of allylic oxidation sites excluding steroid dienone is 4. The molecule has 0 radical (unpaired) electrons. The van der Waals surface area contributed by atoms with E-state index in [0.29, 0.717) is 5.57 Å². The van der Waals surface area contributed by atoms with Gasteiger partial charge in [-0.2, -0.15) is 0 Å². The van der Waals surface area contributed by atoms with Crippen LogP contribution in [0, 0.1) is 17.8 Å². The zero-order valence-corrected chi connectivity index (χ0v) is 14.4. The van der Waals surface area contributed by atoms with Crippen LogP contribution in [0.15, 0.2) is 47.1 Å². The highest BCUT2D eigenvalue weighted by atomic mass is 16.4. The fourth-order valence-corrected chi connectivity index (χ4v) is 4.46. The summed E-state index contributed by atoms with van der Waals surface area (Å²) in [5.41, 5.74) is 0.735. The number of aliphatic hydroxyl groups excluding tert-OH is 1. The maximum Gasteiger partial charge on any atom is 0.194 e. The molecule has 3 rings (SSSR count). The monoisotopic (exact) mass is 328 g/mol. The second-order valence-electron chi connectivity index (χ2n) is 7.59. The van der Waals surface area contributed by atoms with Gasteiger partial charge in [0.1, 0.15) is 6.10 Å². The molecular formula is C20H24O4. The molecule has 0 aromatic carbocycles. The van der Waals surface area contributed by atoms with Gasteiger partial charge in [0.25, 0.3) is 0 Å². The average molecular weight is 328 g/mol. The lowest BCUT2D eigenvalue weighted by Crippen LogP contribution is -2.44. The van der Waals surface area contributed by atoms with Crippen LogP contribution in [0.5, 0.6) is 0 Å². The number of hydrogen-bond donors (Lipinski definition) is 2. The molecule has 4 nitrogen and oxygen atoms in total. The van der Waals surface area contributed by atoms with Crippen molar-refractivity contribution in [2.45, 2.75) is 45.3 Å². The minimum absolute atomic E-state index is 0.0507. The van der Waals surface area contributed by atoms with E-state index in [0.717, 1.165) is 24.0 Å². The largest absolute Gasteiger partial charge is 0.385 e. The van der Waals surface area contributed by atoms with Gasteiger partial charge in [-0.1, -0.05) is 30.4 Å². The Hall–Kier alpha value is -1.78. The van der Waals surface area contributed by atoms with Crippen LogP contribution >= 0.6 is 0 Å². The third kappa shape index (κ3) is 2.13. The van der Waals surface area contributed by atoms with Crippen LogP contribution < -0.4 is 0 Å². The number of fused-ring (bicyclic) bond motifs is 2. The van der Waals surface area contributed by atoms with E-state index in [1.165, 1.54) is 6.92 Å². The van der Waals surface area contributed by atoms with Gasteiger partial charge in [-0.25, -0.2) is 0 Å². The molecule has 0 amide bonds. The molecular weight excluding hydrogens is 304 g/mol. The topological polar surface area (TPSA) is 74.6 Å². The first-order valence-corrected chi connectivity index (χ1v) is 8.34. The summed E-state index contributed by atoms with van der Waals surface area (Å²) in [5, 5.41) is 20.9. The molecule has 3 aliphatic rings. The highest BCUT2D eigenvalue weighted by Gasteiger charge is 2.56. The molecule has 5 atom stereocenters. The first kappa shape index (κ1) is 17.1. The number of carbonyl (C=O) groups is 2. The van der Waals surface area contributed by atoms with Crippen LogP contribution in [0.1, 0.15) is 33.6 Å². The van der Waals surface area contributed by atoms with Gasteiger partial charge in [-0.15, -0.1) is 0 Å². The maximum atomic E-state index is 12.8. The Labute approximate surface area is 142 Å². The molecule has 0 bridgehead atoms. The van der Waals surface area contributed by atoms with E-state index in [1.807, 2.05) is 13.0 Å². The Morgan fingerprint density at radius 3 is 2.54 bits per heavy atom. The van der Waals surface area contributed by atoms with E-state index in [9.17, 15) is 19.8 Å². The van der Waals surface area contributed by atoms with Crippen LogP contribution in [-0.4, -0.2) is 33.5 Å². The fourth-order valence-electron chi connectivity index (χ4n) is 4.46. The number of hydrogen-bond acceptors (Lipinski definition) is 4. The second-order valence-corrected chi connectivity index (χ2v) is 7.59. The summed E-state index contributed by atoms with van der Waals surface area (Å²) in [7, 11) is 0. The summed E-state index contributed by atoms with van der Waals surface area (Å²) in [5.74, 6) is -1.21. The van der Waals surface area contributed by atoms with Crippen LogP contribution in [0.4, 0.5) is 0 Å². The summed E-state index contributed by atoms with van der Waals surface area (Å²) < 4.78 is 0. The molecule has 1 saturated carbocycles. The van der Waals surface area contributed by atoms with E-state index in [-0.39, 0.29) is 34.7 Å². The number of carbonyl (C=O) groups excluding carboxylic acids is 2. The van der Waals surface area contributed by atoms with Gasteiger partial charge in [-0.3, -0.25) is 9.59 Å².